The number of aromatic hydroxyl groups is 1. The number of nitrogens with two attached hydrogens (primary N) is 1. The Balaban J connectivity index is 2.14. The van der Waals surface area contributed by atoms with Gasteiger partial charge in [0.25, 0.3) is 5.91 Å². The summed E-state index contributed by atoms with van der Waals surface area (Å²) >= 11 is 0. The zero-order valence-corrected chi connectivity index (χ0v) is 17.6. The summed E-state index contributed by atoms with van der Waals surface area (Å²) in [6.45, 7) is 3.83. The van der Waals surface area contributed by atoms with Gasteiger partial charge in [0.05, 0.1) is 17.2 Å². The first kappa shape index (κ1) is 22.7. The third kappa shape index (κ3) is 2.39. The third-order valence-corrected chi connectivity index (χ3v) is 6.74. The number of hydrogen-bond donors (Lipinski definition) is 7. The first-order valence-electron chi connectivity index (χ1n) is 9.80. The number of nitrogens with zero attached hydrogens (tertiary/aromatic N) is 1. The van der Waals surface area contributed by atoms with Crippen molar-refractivity contribution in [2.24, 2.45) is 11.7 Å². The smallest absolute Gasteiger partial charge is 0.255 e. The second kappa shape index (κ2) is 6.75. The number of rotatable bonds is 2. The fraction of sp³-hybridized carbons (Fsp3) is 0.318. The lowest BCUT2D eigenvalue weighted by Crippen LogP contribution is -2.81. The van der Waals surface area contributed by atoms with Crippen molar-refractivity contribution < 1.29 is 45.0 Å². The van der Waals surface area contributed by atoms with Gasteiger partial charge in [0.15, 0.2) is 17.1 Å². The summed E-state index contributed by atoms with van der Waals surface area (Å²) in [5.41, 5.74) is -3.17. The summed E-state index contributed by atoms with van der Waals surface area (Å²) < 4.78 is 0. The summed E-state index contributed by atoms with van der Waals surface area (Å²) in [6, 6.07) is 2.20. The average Bonchev–Trinajstić information content (AvgIpc) is 2.72. The molecule has 8 N–H and O–H groups in total. The Labute approximate surface area is 187 Å². The third-order valence-electron chi connectivity index (χ3n) is 6.74. The van der Waals surface area contributed by atoms with Crippen molar-refractivity contribution in [1.29, 1.82) is 0 Å². The molecule has 11 nitrogen and oxygen atoms in total. The highest BCUT2D eigenvalue weighted by atomic mass is 16.4. The molecule has 33 heavy (non-hydrogen) atoms. The highest BCUT2D eigenvalue weighted by Crippen LogP contribution is 2.57. The molecule has 1 fully saturated rings. The number of carbonyl (C=O) groups excluding carboxylic acids is 3. The van der Waals surface area contributed by atoms with E-state index >= 15 is 0 Å². The van der Waals surface area contributed by atoms with Crippen LogP contribution in [0.1, 0.15) is 11.1 Å². The Hall–Kier alpha value is -3.51. The fourth-order valence-electron chi connectivity index (χ4n) is 5.28. The molecule has 0 heterocycles. The van der Waals surface area contributed by atoms with Crippen molar-refractivity contribution >= 4 is 28.8 Å². The van der Waals surface area contributed by atoms with E-state index in [0.29, 0.717) is 0 Å². The van der Waals surface area contributed by atoms with Crippen LogP contribution in [0.15, 0.2) is 41.7 Å². The Morgan fingerprint density at radius 2 is 1.76 bits per heavy atom. The largest absolute Gasteiger partial charge is 0.508 e. The molecule has 3 aliphatic carbocycles. The van der Waals surface area contributed by atoms with Gasteiger partial charge in [-0.15, -0.1) is 0 Å². The Kier molecular flexibility index (Phi) is 4.64. The van der Waals surface area contributed by atoms with Crippen molar-refractivity contribution in [3.63, 3.8) is 0 Å². The molecular weight excluding hydrogens is 436 g/mol. The normalized spacial score (nSPS) is 33.8. The molecule has 0 bridgehead atoms. The summed E-state index contributed by atoms with van der Waals surface area (Å²) in [6.07, 6.45) is -2.19. The lowest BCUT2D eigenvalue weighted by atomic mass is 9.52. The van der Waals surface area contributed by atoms with Crippen molar-refractivity contribution in [1.82, 2.24) is 4.90 Å². The van der Waals surface area contributed by atoms with Crippen molar-refractivity contribution in [2.75, 3.05) is 14.1 Å². The predicted molar refractivity (Wildman–Crippen MR) is 112 cm³/mol. The number of primary amides is 1. The Morgan fingerprint density at radius 3 is 2.30 bits per heavy atom. The first-order valence-corrected chi connectivity index (χ1v) is 9.80. The molecule has 0 aliphatic heterocycles. The standard InChI is InChI=1S/C22H22N2O9/c1-7-8-5-4-6-9(25)11(8)14(26)12-10(7)17(28)21(32)16(24(2)3)15(27)13(20(23)31)19(30)22(21,33)18(12)29/h4-6,10,16-17,25-26,28,30,32-33H,1H2,2-3H3,(H2,23,31)/t10-,16-,17+,21?,22+/m1/s1. The fourth-order valence-corrected chi connectivity index (χ4v) is 5.28. The number of benzene rings is 1. The quantitative estimate of drug-likeness (QED) is 0.256. The van der Waals surface area contributed by atoms with E-state index in [0.717, 1.165) is 4.90 Å². The minimum atomic E-state index is -3.44. The number of hydrogen-bond acceptors (Lipinski definition) is 10. The maximum Gasteiger partial charge on any atom is 0.255 e. The van der Waals surface area contributed by atoms with Crippen LogP contribution < -0.4 is 5.73 Å². The lowest BCUT2D eigenvalue weighted by molar-refractivity contribution is -0.234. The summed E-state index contributed by atoms with van der Waals surface area (Å²) in [7, 11) is 2.57. The minimum absolute atomic E-state index is 0.000789. The van der Waals surface area contributed by atoms with Gasteiger partial charge < -0.3 is 36.4 Å². The van der Waals surface area contributed by atoms with Gasteiger partial charge in [0.1, 0.15) is 23.1 Å². The summed E-state index contributed by atoms with van der Waals surface area (Å²) in [5.74, 6) is -8.53. The van der Waals surface area contributed by atoms with E-state index in [1.165, 1.54) is 32.3 Å². The molecule has 5 atom stereocenters. The molecule has 4 rings (SSSR count). The highest BCUT2D eigenvalue weighted by Gasteiger charge is 2.76. The van der Waals surface area contributed by atoms with Crippen molar-refractivity contribution in [3.8, 4) is 5.75 Å². The van der Waals surface area contributed by atoms with Crippen LogP contribution in [0.5, 0.6) is 5.75 Å². The van der Waals surface area contributed by atoms with Crippen LogP contribution in [0.25, 0.3) is 11.3 Å². The Bertz CT molecular complexity index is 1230. The van der Waals surface area contributed by atoms with Crippen molar-refractivity contribution in [3.05, 3.63) is 52.8 Å². The number of phenolic OH excluding ortho intramolecular Hbond substituents is 1. The lowest BCUT2D eigenvalue weighted by Gasteiger charge is -2.57. The van der Waals surface area contributed by atoms with Crippen LogP contribution in [-0.4, -0.2) is 90.5 Å². The van der Waals surface area contributed by atoms with Gasteiger partial charge in [-0.2, -0.15) is 0 Å². The molecule has 11 heteroatoms. The van der Waals surface area contributed by atoms with Crippen LogP contribution in [0, 0.1) is 5.92 Å². The maximum atomic E-state index is 13.7. The SMILES string of the molecule is C=C1c2cccc(O)c2C(O)=C2C(=O)[C@]3(O)C(O)=C(C(N)=O)C(=O)[C@@H](N(C)C)C3(O)[C@@H](O)[C@H]12. The molecule has 0 radical (unpaired) electrons. The number of aliphatic hydroxyl groups is 5. The second-order valence-corrected chi connectivity index (χ2v) is 8.59. The average molecular weight is 458 g/mol. The van der Waals surface area contributed by atoms with E-state index in [1.54, 1.807) is 0 Å². The topological polar surface area (TPSA) is 202 Å². The van der Waals surface area contributed by atoms with Crippen LogP contribution in [0.4, 0.5) is 0 Å². The van der Waals surface area contributed by atoms with E-state index in [2.05, 4.69) is 6.58 Å². The highest BCUT2D eigenvalue weighted by molar-refractivity contribution is 6.26. The van der Waals surface area contributed by atoms with Crippen molar-refractivity contribution in [2.45, 2.75) is 23.3 Å². The van der Waals surface area contributed by atoms with Gasteiger partial charge in [0.2, 0.25) is 11.4 Å². The molecule has 1 saturated carbocycles. The number of aliphatic hydroxyl groups excluding tert-OH is 3. The molecule has 174 valence electrons. The first-order chi connectivity index (χ1) is 15.2. The predicted octanol–water partition coefficient (Wildman–Crippen LogP) is -1.48. The zero-order valence-electron chi connectivity index (χ0n) is 17.6. The van der Waals surface area contributed by atoms with Gasteiger partial charge in [-0.25, -0.2) is 0 Å². The van der Waals surface area contributed by atoms with E-state index in [1.807, 2.05) is 0 Å². The van der Waals surface area contributed by atoms with Crippen LogP contribution in [-0.2, 0) is 14.4 Å². The Morgan fingerprint density at radius 1 is 1.15 bits per heavy atom. The second-order valence-electron chi connectivity index (χ2n) is 8.59. The number of amides is 1. The molecule has 0 aromatic heterocycles. The zero-order chi connectivity index (χ0) is 24.8. The number of likely N-dealkylation sites (N-methyl/N-ethyl adjacent to an activating group) is 1. The van der Waals surface area contributed by atoms with E-state index in [9.17, 15) is 45.0 Å². The molecule has 1 aromatic carbocycles. The van der Waals surface area contributed by atoms with Gasteiger partial charge in [-0.1, -0.05) is 18.7 Å². The van der Waals surface area contributed by atoms with Gasteiger partial charge in [-0.05, 0) is 31.3 Å². The van der Waals surface area contributed by atoms with Gasteiger partial charge >= 0.3 is 0 Å². The molecule has 3 aliphatic rings. The van der Waals surface area contributed by atoms with E-state index in [-0.39, 0.29) is 16.7 Å². The number of Topliss-reactive ketones (excluding diaryl/α,β-unsaturated/α-hetero) is 2. The minimum Gasteiger partial charge on any atom is -0.508 e. The number of fused-ring (bicyclic) bond motifs is 3. The molecular formula is C22H22N2O9. The molecule has 1 unspecified atom stereocenters. The van der Waals surface area contributed by atoms with Crippen LogP contribution >= 0.6 is 0 Å². The maximum absolute atomic E-state index is 13.7. The molecule has 0 saturated heterocycles. The monoisotopic (exact) mass is 458 g/mol. The molecule has 1 aromatic rings. The van der Waals surface area contributed by atoms with E-state index in [4.69, 9.17) is 5.73 Å². The number of carbonyl (C=O) groups is 3. The molecule has 0 spiro atoms. The van der Waals surface area contributed by atoms with Gasteiger partial charge in [-0.3, -0.25) is 19.3 Å². The van der Waals surface area contributed by atoms with Gasteiger partial charge in [0, 0.05) is 5.92 Å². The summed E-state index contributed by atoms with van der Waals surface area (Å²) in [5, 5.41) is 66.4. The number of phenols is 1. The van der Waals surface area contributed by atoms with Crippen LogP contribution in [0.3, 0.4) is 0 Å². The summed E-state index contributed by atoms with van der Waals surface area (Å²) in [4.78, 5) is 39.7. The van der Waals surface area contributed by atoms with E-state index < -0.39 is 75.2 Å². The number of ketones is 2. The van der Waals surface area contributed by atoms with Crippen LogP contribution in [0.2, 0.25) is 0 Å². The molecule has 1 amide bonds.